The number of anilines is 1. The molecule has 0 spiro atoms. The molecule has 2 aromatic carbocycles. The van der Waals surface area contributed by atoms with Gasteiger partial charge in [0.25, 0.3) is 10.0 Å². The van der Waals surface area contributed by atoms with Gasteiger partial charge in [-0.25, -0.2) is 13.2 Å². The van der Waals surface area contributed by atoms with E-state index >= 15 is 0 Å². The standard InChI is InChI=1S/C17H18ClNO5S/c1-2-3-10-24-13-6-4-12(5-7-13)19-25(22,23)14-8-9-16(18)15(11-14)17(20)21/h4-9,11,19H,2-3,10H2,1H3,(H,20,21). The third-order valence-electron chi connectivity index (χ3n) is 3.35. The summed E-state index contributed by atoms with van der Waals surface area (Å²) in [6.07, 6.45) is 1.97. The number of aromatic carboxylic acids is 1. The van der Waals surface area contributed by atoms with Crippen molar-refractivity contribution in [2.75, 3.05) is 11.3 Å². The molecule has 0 aliphatic heterocycles. The third-order valence-corrected chi connectivity index (χ3v) is 5.06. The topological polar surface area (TPSA) is 92.7 Å². The van der Waals surface area contributed by atoms with Gasteiger partial charge in [0.15, 0.2) is 0 Å². The maximum absolute atomic E-state index is 12.4. The predicted molar refractivity (Wildman–Crippen MR) is 96.1 cm³/mol. The highest BCUT2D eigenvalue weighted by atomic mass is 35.5. The second kappa shape index (κ2) is 8.22. The highest BCUT2D eigenvalue weighted by Gasteiger charge is 2.18. The smallest absolute Gasteiger partial charge is 0.337 e. The molecule has 0 bridgehead atoms. The minimum Gasteiger partial charge on any atom is -0.494 e. The first-order valence-electron chi connectivity index (χ1n) is 7.62. The molecule has 2 rings (SSSR count). The molecule has 2 aromatic rings. The van der Waals surface area contributed by atoms with Crippen molar-refractivity contribution >= 4 is 33.3 Å². The maximum atomic E-state index is 12.4. The highest BCUT2D eigenvalue weighted by molar-refractivity contribution is 7.92. The van der Waals surface area contributed by atoms with Gasteiger partial charge < -0.3 is 9.84 Å². The number of ether oxygens (including phenoxy) is 1. The Morgan fingerprint density at radius 1 is 1.20 bits per heavy atom. The molecule has 0 aliphatic rings. The van der Waals surface area contributed by atoms with Crippen LogP contribution in [0.15, 0.2) is 47.4 Å². The summed E-state index contributed by atoms with van der Waals surface area (Å²) in [7, 11) is -3.93. The minimum absolute atomic E-state index is 0.0277. The molecule has 2 N–H and O–H groups in total. The molecule has 0 heterocycles. The summed E-state index contributed by atoms with van der Waals surface area (Å²) >= 11 is 5.76. The number of benzene rings is 2. The normalized spacial score (nSPS) is 11.1. The summed E-state index contributed by atoms with van der Waals surface area (Å²) in [5.74, 6) is -0.647. The molecule has 134 valence electrons. The molecule has 0 amide bonds. The molecule has 8 heteroatoms. The zero-order chi connectivity index (χ0) is 18.4. The quantitative estimate of drug-likeness (QED) is 0.671. The Morgan fingerprint density at radius 2 is 1.88 bits per heavy atom. The van der Waals surface area contributed by atoms with Gasteiger partial charge >= 0.3 is 5.97 Å². The Labute approximate surface area is 151 Å². The lowest BCUT2D eigenvalue weighted by molar-refractivity contribution is 0.0697. The van der Waals surface area contributed by atoms with Gasteiger partial charge in [-0.15, -0.1) is 0 Å². The summed E-state index contributed by atoms with van der Waals surface area (Å²) < 4.78 is 32.7. The fourth-order valence-corrected chi connectivity index (χ4v) is 3.29. The van der Waals surface area contributed by atoms with E-state index in [0.29, 0.717) is 18.0 Å². The van der Waals surface area contributed by atoms with Crippen LogP contribution in [-0.2, 0) is 10.0 Å². The SMILES string of the molecule is CCCCOc1ccc(NS(=O)(=O)c2ccc(Cl)c(C(=O)O)c2)cc1. The van der Waals surface area contributed by atoms with E-state index in [1.807, 2.05) is 0 Å². The molecule has 25 heavy (non-hydrogen) atoms. The third kappa shape index (κ3) is 5.11. The van der Waals surface area contributed by atoms with Crippen LogP contribution < -0.4 is 9.46 Å². The van der Waals surface area contributed by atoms with Crippen LogP contribution in [0.3, 0.4) is 0 Å². The highest BCUT2D eigenvalue weighted by Crippen LogP contribution is 2.23. The number of sulfonamides is 1. The Hall–Kier alpha value is -2.25. The zero-order valence-corrected chi connectivity index (χ0v) is 15.1. The van der Waals surface area contributed by atoms with Gasteiger partial charge in [-0.1, -0.05) is 24.9 Å². The summed E-state index contributed by atoms with van der Waals surface area (Å²) in [5.41, 5.74) is 0.0684. The number of unbranched alkanes of at least 4 members (excludes halogenated alkanes) is 1. The Bertz CT molecular complexity index is 850. The molecule has 0 fully saturated rings. The summed E-state index contributed by atoms with van der Waals surface area (Å²) in [6.45, 7) is 2.66. The minimum atomic E-state index is -3.93. The number of hydrogen-bond acceptors (Lipinski definition) is 4. The summed E-state index contributed by atoms with van der Waals surface area (Å²) in [6, 6.07) is 9.99. The first-order chi connectivity index (χ1) is 11.8. The van der Waals surface area contributed by atoms with Gasteiger partial charge in [0.2, 0.25) is 0 Å². The average Bonchev–Trinajstić information content (AvgIpc) is 2.56. The van der Waals surface area contributed by atoms with Crippen LogP contribution in [0.2, 0.25) is 5.02 Å². The van der Waals surface area contributed by atoms with Gasteiger partial charge in [-0.05, 0) is 48.9 Å². The van der Waals surface area contributed by atoms with Crippen molar-refractivity contribution < 1.29 is 23.1 Å². The van der Waals surface area contributed by atoms with E-state index < -0.39 is 16.0 Å². The molecular weight excluding hydrogens is 366 g/mol. The summed E-state index contributed by atoms with van der Waals surface area (Å²) in [5, 5.41) is 9.02. The first kappa shape index (κ1) is 19.1. The Kier molecular flexibility index (Phi) is 6.27. The number of hydrogen-bond donors (Lipinski definition) is 2. The number of nitrogens with one attached hydrogen (secondary N) is 1. The van der Waals surface area contributed by atoms with Gasteiger partial charge in [0, 0.05) is 5.69 Å². The van der Waals surface area contributed by atoms with Crippen molar-refractivity contribution in [2.45, 2.75) is 24.7 Å². The Balaban J connectivity index is 2.16. The van der Waals surface area contributed by atoms with Crippen LogP contribution >= 0.6 is 11.6 Å². The van der Waals surface area contributed by atoms with Crippen LogP contribution in [0.1, 0.15) is 30.1 Å². The first-order valence-corrected chi connectivity index (χ1v) is 9.48. The van der Waals surface area contributed by atoms with Crippen molar-refractivity contribution in [1.82, 2.24) is 0 Å². The fourth-order valence-electron chi connectivity index (χ4n) is 2.00. The molecule has 0 unspecified atom stereocenters. The van der Waals surface area contributed by atoms with Crippen LogP contribution in [-0.4, -0.2) is 26.1 Å². The number of carboxylic acid groups (broad SMARTS) is 1. The lowest BCUT2D eigenvalue weighted by Crippen LogP contribution is -2.14. The van der Waals surface area contributed by atoms with Crippen molar-refractivity contribution in [3.63, 3.8) is 0 Å². The van der Waals surface area contributed by atoms with Crippen LogP contribution in [0.4, 0.5) is 5.69 Å². The molecule has 0 saturated heterocycles. The van der Waals surface area contributed by atoms with E-state index in [1.54, 1.807) is 24.3 Å². The zero-order valence-electron chi connectivity index (χ0n) is 13.5. The second-order valence-corrected chi connectivity index (χ2v) is 7.37. The van der Waals surface area contributed by atoms with E-state index in [4.69, 9.17) is 21.4 Å². The molecule has 0 atom stereocenters. The molecule has 0 saturated carbocycles. The Morgan fingerprint density at radius 3 is 2.48 bits per heavy atom. The van der Waals surface area contributed by atoms with E-state index in [9.17, 15) is 13.2 Å². The van der Waals surface area contributed by atoms with Gasteiger partial charge in [0.05, 0.1) is 22.1 Å². The van der Waals surface area contributed by atoms with Crippen molar-refractivity contribution in [3.05, 3.63) is 53.1 Å². The maximum Gasteiger partial charge on any atom is 0.337 e. The van der Waals surface area contributed by atoms with E-state index in [1.165, 1.54) is 12.1 Å². The fraction of sp³-hybridized carbons (Fsp3) is 0.235. The van der Waals surface area contributed by atoms with Crippen molar-refractivity contribution in [2.24, 2.45) is 0 Å². The lowest BCUT2D eigenvalue weighted by Gasteiger charge is -2.10. The largest absolute Gasteiger partial charge is 0.494 e. The van der Waals surface area contributed by atoms with E-state index in [-0.39, 0.29) is 15.5 Å². The van der Waals surface area contributed by atoms with E-state index in [2.05, 4.69) is 11.6 Å². The monoisotopic (exact) mass is 383 g/mol. The molecular formula is C17H18ClNO5S. The molecule has 0 aromatic heterocycles. The van der Waals surface area contributed by atoms with Crippen LogP contribution in [0.25, 0.3) is 0 Å². The van der Waals surface area contributed by atoms with Crippen LogP contribution in [0, 0.1) is 0 Å². The predicted octanol–water partition coefficient (Wildman–Crippen LogP) is 4.02. The molecule has 6 nitrogen and oxygen atoms in total. The van der Waals surface area contributed by atoms with Gasteiger partial charge in [-0.3, -0.25) is 4.72 Å². The number of halogens is 1. The number of rotatable bonds is 8. The van der Waals surface area contributed by atoms with Gasteiger partial charge in [0.1, 0.15) is 5.75 Å². The molecule has 0 radical (unpaired) electrons. The van der Waals surface area contributed by atoms with Crippen molar-refractivity contribution in [1.29, 1.82) is 0 Å². The van der Waals surface area contributed by atoms with Crippen molar-refractivity contribution in [3.8, 4) is 5.75 Å². The van der Waals surface area contributed by atoms with E-state index in [0.717, 1.165) is 18.9 Å². The lowest BCUT2D eigenvalue weighted by atomic mass is 10.2. The number of carboxylic acids is 1. The number of carbonyl (C=O) groups is 1. The van der Waals surface area contributed by atoms with Crippen LogP contribution in [0.5, 0.6) is 5.75 Å². The molecule has 0 aliphatic carbocycles. The van der Waals surface area contributed by atoms with Gasteiger partial charge in [-0.2, -0.15) is 0 Å². The second-order valence-electron chi connectivity index (χ2n) is 5.28. The summed E-state index contributed by atoms with van der Waals surface area (Å²) in [4.78, 5) is 10.9. The average molecular weight is 384 g/mol.